The minimum Gasteiger partial charge on any atom is -0.444 e. The van der Waals surface area contributed by atoms with Crippen molar-refractivity contribution in [3.05, 3.63) is 23.2 Å². The molecule has 1 aliphatic heterocycles. The highest BCUT2D eigenvalue weighted by Gasteiger charge is 2.37. The van der Waals surface area contributed by atoms with Gasteiger partial charge in [0, 0.05) is 25.8 Å². The fraction of sp³-hybridized carbons (Fsp3) is 0.611. The average molecular weight is 419 g/mol. The first-order valence-electron chi connectivity index (χ1n) is 9.00. The van der Waals surface area contributed by atoms with E-state index in [1.54, 1.807) is 25.7 Å². The standard InChI is InChI=1S/C18H22ClF3N4O2/c1-17(2,3)28-16(27)25-6-4-11(5-7-25)8-26-9-12(18(20,21)22)13-14(19)23-10-24-15(13)26/h9-11H,4-8H2,1-3H3. The van der Waals surface area contributed by atoms with Crippen molar-refractivity contribution in [1.82, 2.24) is 19.4 Å². The van der Waals surface area contributed by atoms with Gasteiger partial charge >= 0.3 is 12.3 Å². The summed E-state index contributed by atoms with van der Waals surface area (Å²) in [6.07, 6.45) is -1.37. The maximum Gasteiger partial charge on any atom is 0.418 e. The van der Waals surface area contributed by atoms with E-state index < -0.39 is 17.3 Å². The highest BCUT2D eigenvalue weighted by molar-refractivity contribution is 6.34. The van der Waals surface area contributed by atoms with Crippen LogP contribution in [-0.4, -0.2) is 44.2 Å². The van der Waals surface area contributed by atoms with Crippen LogP contribution in [-0.2, 0) is 17.5 Å². The molecule has 2 aromatic rings. The summed E-state index contributed by atoms with van der Waals surface area (Å²) >= 11 is 5.91. The summed E-state index contributed by atoms with van der Waals surface area (Å²) in [4.78, 5) is 21.5. The molecule has 154 valence electrons. The molecule has 1 fully saturated rings. The number of rotatable bonds is 2. The summed E-state index contributed by atoms with van der Waals surface area (Å²) in [5.74, 6) is 0.115. The quantitative estimate of drug-likeness (QED) is 0.660. The van der Waals surface area contributed by atoms with Gasteiger partial charge in [-0.2, -0.15) is 13.2 Å². The summed E-state index contributed by atoms with van der Waals surface area (Å²) < 4.78 is 47.0. The van der Waals surface area contributed by atoms with Gasteiger partial charge in [0.1, 0.15) is 22.7 Å². The Bertz CT molecular complexity index is 868. The molecule has 0 bridgehead atoms. The average Bonchev–Trinajstić information content (AvgIpc) is 2.94. The summed E-state index contributed by atoms with van der Waals surface area (Å²) in [6, 6.07) is 0. The summed E-state index contributed by atoms with van der Waals surface area (Å²) in [7, 11) is 0. The molecule has 0 aliphatic carbocycles. The zero-order valence-electron chi connectivity index (χ0n) is 15.9. The van der Waals surface area contributed by atoms with E-state index in [0.29, 0.717) is 32.5 Å². The SMILES string of the molecule is CC(C)(C)OC(=O)N1CCC(Cn2cc(C(F)(F)F)c3c(Cl)ncnc32)CC1. The van der Waals surface area contributed by atoms with Crippen LogP contribution in [0.4, 0.5) is 18.0 Å². The van der Waals surface area contributed by atoms with Gasteiger partial charge in [0.25, 0.3) is 0 Å². The Morgan fingerprint density at radius 1 is 1.25 bits per heavy atom. The zero-order chi connectivity index (χ0) is 20.7. The minimum atomic E-state index is -4.54. The monoisotopic (exact) mass is 418 g/mol. The van der Waals surface area contributed by atoms with Crippen LogP contribution < -0.4 is 0 Å². The number of aromatic nitrogens is 3. The number of hydrogen-bond donors (Lipinski definition) is 0. The van der Waals surface area contributed by atoms with Crippen molar-refractivity contribution in [3.8, 4) is 0 Å². The number of fused-ring (bicyclic) bond motifs is 1. The molecule has 0 radical (unpaired) electrons. The van der Waals surface area contributed by atoms with E-state index in [1.807, 2.05) is 0 Å². The molecule has 3 heterocycles. The van der Waals surface area contributed by atoms with Crippen LogP contribution >= 0.6 is 11.6 Å². The molecule has 1 aliphatic rings. The molecular formula is C18H22ClF3N4O2. The second-order valence-corrected chi connectivity index (χ2v) is 8.32. The predicted octanol–water partition coefficient (Wildman–Crippen LogP) is 4.75. The van der Waals surface area contributed by atoms with Gasteiger partial charge in [-0.15, -0.1) is 0 Å². The Labute approximate surface area is 165 Å². The van der Waals surface area contributed by atoms with Crippen molar-refractivity contribution in [2.24, 2.45) is 5.92 Å². The van der Waals surface area contributed by atoms with Crippen molar-refractivity contribution < 1.29 is 22.7 Å². The molecule has 0 saturated carbocycles. The smallest absolute Gasteiger partial charge is 0.418 e. The molecule has 0 unspecified atom stereocenters. The highest BCUT2D eigenvalue weighted by Crippen LogP contribution is 2.38. The summed E-state index contributed by atoms with van der Waals surface area (Å²) in [5.41, 5.74) is -1.23. The Morgan fingerprint density at radius 3 is 2.46 bits per heavy atom. The van der Waals surface area contributed by atoms with E-state index in [9.17, 15) is 18.0 Å². The first kappa shape index (κ1) is 20.7. The van der Waals surface area contributed by atoms with E-state index in [0.717, 1.165) is 12.5 Å². The maximum absolute atomic E-state index is 13.4. The molecule has 0 aromatic carbocycles. The van der Waals surface area contributed by atoms with Crippen LogP contribution in [0.15, 0.2) is 12.5 Å². The second kappa shape index (κ2) is 7.42. The number of amides is 1. The lowest BCUT2D eigenvalue weighted by molar-refractivity contribution is -0.136. The van der Waals surface area contributed by atoms with Gasteiger partial charge in [-0.1, -0.05) is 11.6 Å². The molecule has 2 aromatic heterocycles. The summed E-state index contributed by atoms with van der Waals surface area (Å²) in [5, 5.41) is -0.390. The lowest BCUT2D eigenvalue weighted by Gasteiger charge is -2.33. The third-order valence-electron chi connectivity index (χ3n) is 4.63. The lowest BCUT2D eigenvalue weighted by atomic mass is 9.97. The molecule has 0 atom stereocenters. The number of ether oxygens (including phenoxy) is 1. The number of alkyl halides is 3. The van der Waals surface area contributed by atoms with Crippen LogP contribution in [0.3, 0.4) is 0 Å². The van der Waals surface area contributed by atoms with Crippen molar-refractivity contribution in [2.75, 3.05) is 13.1 Å². The van der Waals surface area contributed by atoms with Crippen LogP contribution in [0, 0.1) is 5.92 Å². The third-order valence-corrected chi connectivity index (χ3v) is 4.92. The molecule has 1 amide bonds. The first-order valence-corrected chi connectivity index (χ1v) is 9.38. The highest BCUT2D eigenvalue weighted by atomic mass is 35.5. The van der Waals surface area contributed by atoms with Crippen molar-refractivity contribution in [3.63, 3.8) is 0 Å². The van der Waals surface area contributed by atoms with Gasteiger partial charge in [-0.3, -0.25) is 0 Å². The van der Waals surface area contributed by atoms with E-state index in [4.69, 9.17) is 16.3 Å². The molecule has 6 nitrogen and oxygen atoms in total. The lowest BCUT2D eigenvalue weighted by Crippen LogP contribution is -2.42. The number of hydrogen-bond acceptors (Lipinski definition) is 4. The predicted molar refractivity (Wildman–Crippen MR) is 98.1 cm³/mol. The normalized spacial score (nSPS) is 16.6. The number of piperidine rings is 1. The number of likely N-dealkylation sites (tertiary alicyclic amines) is 1. The summed E-state index contributed by atoms with van der Waals surface area (Å²) in [6.45, 7) is 6.78. The Kier molecular flexibility index (Phi) is 5.49. The van der Waals surface area contributed by atoms with Crippen LogP contribution in [0.1, 0.15) is 39.2 Å². The molecule has 10 heteroatoms. The molecular weight excluding hydrogens is 397 g/mol. The van der Waals surface area contributed by atoms with Gasteiger partial charge in [0.05, 0.1) is 10.9 Å². The zero-order valence-corrected chi connectivity index (χ0v) is 16.6. The third kappa shape index (κ3) is 4.51. The van der Waals surface area contributed by atoms with E-state index in [-0.39, 0.29) is 28.2 Å². The van der Waals surface area contributed by atoms with E-state index in [1.165, 1.54) is 4.57 Å². The van der Waals surface area contributed by atoms with Crippen molar-refractivity contribution in [1.29, 1.82) is 0 Å². The van der Waals surface area contributed by atoms with Gasteiger partial charge in [-0.05, 0) is 39.5 Å². The van der Waals surface area contributed by atoms with E-state index >= 15 is 0 Å². The van der Waals surface area contributed by atoms with Crippen LogP contribution in [0.5, 0.6) is 0 Å². The fourth-order valence-electron chi connectivity index (χ4n) is 3.34. The van der Waals surface area contributed by atoms with Gasteiger partial charge in [0.2, 0.25) is 0 Å². The topological polar surface area (TPSA) is 60.2 Å². The molecule has 1 saturated heterocycles. The Morgan fingerprint density at radius 2 is 1.89 bits per heavy atom. The molecule has 28 heavy (non-hydrogen) atoms. The number of carbonyl (C=O) groups excluding carboxylic acids is 1. The van der Waals surface area contributed by atoms with Crippen molar-refractivity contribution >= 4 is 28.7 Å². The minimum absolute atomic E-state index is 0.115. The maximum atomic E-state index is 13.4. The van der Waals surface area contributed by atoms with Crippen LogP contribution in [0.25, 0.3) is 11.0 Å². The number of nitrogens with zero attached hydrogens (tertiary/aromatic N) is 4. The fourth-order valence-corrected chi connectivity index (χ4v) is 3.57. The first-order chi connectivity index (χ1) is 13.0. The number of carbonyl (C=O) groups is 1. The van der Waals surface area contributed by atoms with Crippen molar-refractivity contribution in [2.45, 2.75) is 51.9 Å². The second-order valence-electron chi connectivity index (χ2n) is 7.97. The van der Waals surface area contributed by atoms with E-state index in [2.05, 4.69) is 9.97 Å². The molecule has 0 N–H and O–H groups in total. The number of halogens is 4. The van der Waals surface area contributed by atoms with Gasteiger partial charge < -0.3 is 14.2 Å². The van der Waals surface area contributed by atoms with Gasteiger partial charge in [0.15, 0.2) is 0 Å². The molecule has 3 rings (SSSR count). The molecule has 0 spiro atoms. The van der Waals surface area contributed by atoms with Gasteiger partial charge in [-0.25, -0.2) is 14.8 Å². The van der Waals surface area contributed by atoms with Crippen LogP contribution in [0.2, 0.25) is 5.15 Å². The largest absolute Gasteiger partial charge is 0.444 e. The Balaban J connectivity index is 1.73. The Hall–Kier alpha value is -2.03.